The molecule has 7 nitrogen and oxygen atoms in total. The average Bonchev–Trinajstić information content (AvgIpc) is 3.35. The predicted octanol–water partition coefficient (Wildman–Crippen LogP) is 3.43. The smallest absolute Gasteiger partial charge is 0.230 e. The van der Waals surface area contributed by atoms with Crippen LogP contribution in [0.1, 0.15) is 17.1 Å². The molecule has 28 heavy (non-hydrogen) atoms. The molecule has 0 saturated heterocycles. The number of carbonyl (C=O) groups is 1. The van der Waals surface area contributed by atoms with Crippen LogP contribution >= 0.6 is 11.8 Å². The molecule has 0 fully saturated rings. The maximum Gasteiger partial charge on any atom is 0.230 e. The van der Waals surface area contributed by atoms with Gasteiger partial charge in [0.15, 0.2) is 0 Å². The largest absolute Gasteiger partial charge is 0.467 e. The van der Waals surface area contributed by atoms with Gasteiger partial charge in [0.1, 0.15) is 16.3 Å². The fraction of sp³-hybridized carbons (Fsp3) is 0.200. The zero-order chi connectivity index (χ0) is 19.5. The fourth-order valence-corrected chi connectivity index (χ4v) is 3.75. The summed E-state index contributed by atoms with van der Waals surface area (Å²) in [6.07, 6.45) is 1.58. The van der Waals surface area contributed by atoms with Crippen LogP contribution in [0, 0.1) is 13.8 Å². The first-order valence-corrected chi connectivity index (χ1v) is 9.82. The van der Waals surface area contributed by atoms with Crippen molar-refractivity contribution in [3.8, 4) is 5.69 Å². The number of aryl methyl sites for hydroxylation is 2. The van der Waals surface area contributed by atoms with Crippen LogP contribution in [0.2, 0.25) is 0 Å². The van der Waals surface area contributed by atoms with Gasteiger partial charge in [-0.3, -0.25) is 4.79 Å². The van der Waals surface area contributed by atoms with E-state index in [1.807, 2.05) is 54.9 Å². The second-order valence-electron chi connectivity index (χ2n) is 6.29. The Labute approximate surface area is 166 Å². The van der Waals surface area contributed by atoms with Crippen molar-refractivity contribution in [1.29, 1.82) is 0 Å². The van der Waals surface area contributed by atoms with Crippen molar-refractivity contribution < 1.29 is 9.21 Å². The number of fused-ring (bicyclic) bond motifs is 1. The summed E-state index contributed by atoms with van der Waals surface area (Å²) in [7, 11) is 0. The van der Waals surface area contributed by atoms with Crippen molar-refractivity contribution in [2.75, 3.05) is 5.75 Å². The van der Waals surface area contributed by atoms with Crippen LogP contribution < -0.4 is 5.32 Å². The molecule has 8 heteroatoms. The van der Waals surface area contributed by atoms with Crippen molar-refractivity contribution in [3.63, 3.8) is 0 Å². The van der Waals surface area contributed by atoms with Crippen molar-refractivity contribution >= 4 is 28.6 Å². The molecule has 142 valence electrons. The highest BCUT2D eigenvalue weighted by Gasteiger charge is 2.18. The van der Waals surface area contributed by atoms with Gasteiger partial charge in [0.25, 0.3) is 0 Å². The third-order valence-corrected chi connectivity index (χ3v) is 5.31. The van der Waals surface area contributed by atoms with Crippen LogP contribution in [0.25, 0.3) is 16.6 Å². The third kappa shape index (κ3) is 3.63. The minimum absolute atomic E-state index is 0.101. The summed E-state index contributed by atoms with van der Waals surface area (Å²) in [4.78, 5) is 12.2. The molecule has 0 aliphatic heterocycles. The molecular formula is C20H19N5O2S. The molecule has 3 heterocycles. The number of nitrogens with one attached hydrogen (secondary N) is 1. The van der Waals surface area contributed by atoms with Gasteiger partial charge in [0.2, 0.25) is 5.91 Å². The average molecular weight is 393 g/mol. The summed E-state index contributed by atoms with van der Waals surface area (Å²) in [5.74, 6) is 0.842. The molecule has 1 amide bonds. The number of benzene rings is 1. The monoisotopic (exact) mass is 393 g/mol. The first-order valence-electron chi connectivity index (χ1n) is 8.83. The number of nitrogens with zero attached hydrogens (tertiary/aromatic N) is 4. The van der Waals surface area contributed by atoms with Gasteiger partial charge < -0.3 is 9.73 Å². The Morgan fingerprint density at radius 2 is 1.96 bits per heavy atom. The second kappa shape index (κ2) is 7.85. The molecule has 0 aliphatic carbocycles. The number of carbonyl (C=O) groups excluding carboxylic acids is 1. The van der Waals surface area contributed by atoms with E-state index < -0.39 is 0 Å². The maximum atomic E-state index is 12.2. The van der Waals surface area contributed by atoms with Crippen molar-refractivity contribution in [2.24, 2.45) is 0 Å². The number of rotatable bonds is 6. The van der Waals surface area contributed by atoms with Gasteiger partial charge in [-0.2, -0.15) is 10.2 Å². The Bertz CT molecular complexity index is 1110. The summed E-state index contributed by atoms with van der Waals surface area (Å²) in [5.41, 5.74) is 3.56. The van der Waals surface area contributed by atoms with Gasteiger partial charge in [-0.15, -0.1) is 5.10 Å². The first kappa shape index (κ1) is 18.2. The van der Waals surface area contributed by atoms with Crippen LogP contribution in [0.3, 0.4) is 0 Å². The van der Waals surface area contributed by atoms with E-state index in [1.165, 1.54) is 11.8 Å². The van der Waals surface area contributed by atoms with Crippen LogP contribution in [0.15, 0.2) is 58.2 Å². The Hall–Kier alpha value is -3.13. The normalized spacial score (nSPS) is 11.1. The van der Waals surface area contributed by atoms with E-state index in [-0.39, 0.29) is 11.7 Å². The number of hydrogen-bond donors (Lipinski definition) is 1. The van der Waals surface area contributed by atoms with Crippen molar-refractivity contribution in [2.45, 2.75) is 25.4 Å². The molecule has 0 radical (unpaired) electrons. The highest BCUT2D eigenvalue weighted by atomic mass is 32.2. The lowest BCUT2D eigenvalue weighted by Gasteiger charge is -2.04. The van der Waals surface area contributed by atoms with Crippen LogP contribution in [-0.2, 0) is 11.3 Å². The highest BCUT2D eigenvalue weighted by molar-refractivity contribution is 8.00. The summed E-state index contributed by atoms with van der Waals surface area (Å²) in [5, 5.41) is 17.7. The van der Waals surface area contributed by atoms with E-state index >= 15 is 0 Å². The molecule has 1 aromatic carbocycles. The Morgan fingerprint density at radius 1 is 1.14 bits per heavy atom. The van der Waals surface area contributed by atoms with E-state index in [4.69, 9.17) is 9.52 Å². The molecular weight excluding hydrogens is 374 g/mol. The van der Waals surface area contributed by atoms with E-state index in [1.54, 1.807) is 12.3 Å². The van der Waals surface area contributed by atoms with Gasteiger partial charge in [0, 0.05) is 5.39 Å². The fourth-order valence-electron chi connectivity index (χ4n) is 3.00. The quantitative estimate of drug-likeness (QED) is 0.505. The lowest BCUT2D eigenvalue weighted by Crippen LogP contribution is -2.24. The van der Waals surface area contributed by atoms with Gasteiger partial charge >= 0.3 is 0 Å². The number of para-hydroxylation sites is 1. The zero-order valence-corrected chi connectivity index (χ0v) is 16.4. The predicted molar refractivity (Wildman–Crippen MR) is 107 cm³/mol. The minimum atomic E-state index is -0.101. The van der Waals surface area contributed by atoms with Gasteiger partial charge in [0.05, 0.1) is 35.6 Å². The van der Waals surface area contributed by atoms with Crippen LogP contribution in [0.5, 0.6) is 0 Å². The van der Waals surface area contributed by atoms with E-state index in [0.29, 0.717) is 17.3 Å². The summed E-state index contributed by atoms with van der Waals surface area (Å²) in [6, 6.07) is 13.5. The molecule has 3 aromatic heterocycles. The number of amides is 1. The standard InChI is InChI=1S/C20H19N5O2S/c1-13-18-14(2)25(15-7-4-3-5-8-15)24-19(18)20(23-22-13)28-12-17(26)21-11-16-9-6-10-27-16/h3-10H,11-12H2,1-2H3,(H,21,26). The maximum absolute atomic E-state index is 12.2. The summed E-state index contributed by atoms with van der Waals surface area (Å²) >= 11 is 1.33. The molecule has 1 N–H and O–H groups in total. The minimum Gasteiger partial charge on any atom is -0.467 e. The number of hydrogen-bond acceptors (Lipinski definition) is 6. The molecule has 0 spiro atoms. The lowest BCUT2D eigenvalue weighted by atomic mass is 10.2. The van der Waals surface area contributed by atoms with Gasteiger partial charge in [-0.05, 0) is 38.1 Å². The molecule has 0 bridgehead atoms. The number of aromatic nitrogens is 4. The zero-order valence-electron chi connectivity index (χ0n) is 15.5. The van der Waals surface area contributed by atoms with E-state index in [9.17, 15) is 4.79 Å². The first-order chi connectivity index (χ1) is 13.6. The van der Waals surface area contributed by atoms with Gasteiger partial charge in [-0.1, -0.05) is 30.0 Å². The molecule has 0 aliphatic rings. The Balaban J connectivity index is 1.56. The van der Waals surface area contributed by atoms with Crippen LogP contribution in [0.4, 0.5) is 0 Å². The SMILES string of the molecule is Cc1nnc(SCC(=O)NCc2ccco2)c2nn(-c3ccccc3)c(C)c12. The summed E-state index contributed by atoms with van der Waals surface area (Å²) in [6.45, 7) is 4.30. The second-order valence-corrected chi connectivity index (χ2v) is 7.26. The molecule has 0 saturated carbocycles. The van der Waals surface area contributed by atoms with E-state index in [2.05, 4.69) is 15.5 Å². The molecule has 0 unspecified atom stereocenters. The van der Waals surface area contributed by atoms with Crippen LogP contribution in [-0.4, -0.2) is 31.6 Å². The topological polar surface area (TPSA) is 85.8 Å². The Kier molecular flexibility index (Phi) is 5.12. The van der Waals surface area contributed by atoms with Gasteiger partial charge in [-0.25, -0.2) is 4.68 Å². The third-order valence-electron chi connectivity index (χ3n) is 4.35. The highest BCUT2D eigenvalue weighted by Crippen LogP contribution is 2.29. The number of thioether (sulfide) groups is 1. The Morgan fingerprint density at radius 3 is 2.71 bits per heavy atom. The van der Waals surface area contributed by atoms with E-state index in [0.717, 1.165) is 28.0 Å². The molecule has 4 rings (SSSR count). The van der Waals surface area contributed by atoms with Crippen molar-refractivity contribution in [3.05, 3.63) is 65.9 Å². The van der Waals surface area contributed by atoms with Crippen molar-refractivity contribution in [1.82, 2.24) is 25.3 Å². The summed E-state index contributed by atoms with van der Waals surface area (Å²) < 4.78 is 7.11. The molecule has 0 atom stereocenters. The molecule has 4 aromatic rings. The number of furan rings is 1. The lowest BCUT2D eigenvalue weighted by molar-refractivity contribution is -0.118.